The van der Waals surface area contributed by atoms with E-state index < -0.39 is 0 Å². The van der Waals surface area contributed by atoms with Crippen molar-refractivity contribution in [3.8, 4) is 0 Å². The molecule has 0 saturated carbocycles. The second-order valence-electron chi connectivity index (χ2n) is 3.30. The summed E-state index contributed by atoms with van der Waals surface area (Å²) in [6.07, 6.45) is 1.60. The van der Waals surface area contributed by atoms with Crippen LogP contribution in [0.5, 0.6) is 0 Å². The molecule has 82 valence electrons. The summed E-state index contributed by atoms with van der Waals surface area (Å²) in [6, 6.07) is 7.63. The summed E-state index contributed by atoms with van der Waals surface area (Å²) in [5.41, 5.74) is 0.534. The highest BCUT2D eigenvalue weighted by atomic mass is 127. The van der Waals surface area contributed by atoms with E-state index in [0.29, 0.717) is 0 Å². The molecule has 3 nitrogen and oxygen atoms in total. The standard InChI is InChI=1S/C11H8FIN2O/c12-9-3-1-2-8(4-9)7-15-11(16)5-10(13)6-14-15/h1-6H,7H2. The van der Waals surface area contributed by atoms with Crippen molar-refractivity contribution in [3.05, 3.63) is 61.8 Å². The van der Waals surface area contributed by atoms with Gasteiger partial charge >= 0.3 is 0 Å². The van der Waals surface area contributed by atoms with Gasteiger partial charge in [-0.2, -0.15) is 5.10 Å². The van der Waals surface area contributed by atoms with Crippen LogP contribution in [0, 0.1) is 9.39 Å². The van der Waals surface area contributed by atoms with Crippen LogP contribution in [-0.2, 0) is 6.54 Å². The van der Waals surface area contributed by atoms with E-state index >= 15 is 0 Å². The van der Waals surface area contributed by atoms with Crippen LogP contribution < -0.4 is 5.56 Å². The molecule has 1 heterocycles. The van der Waals surface area contributed by atoms with E-state index in [1.807, 2.05) is 22.6 Å². The van der Waals surface area contributed by atoms with E-state index in [1.165, 1.54) is 22.9 Å². The van der Waals surface area contributed by atoms with Crippen molar-refractivity contribution in [2.45, 2.75) is 6.54 Å². The summed E-state index contributed by atoms with van der Waals surface area (Å²) in [5, 5.41) is 3.98. The first-order valence-electron chi connectivity index (χ1n) is 4.62. The molecule has 1 aromatic heterocycles. The maximum absolute atomic E-state index is 12.9. The molecule has 0 aliphatic rings. The Morgan fingerprint density at radius 3 is 2.88 bits per heavy atom. The summed E-state index contributed by atoms with van der Waals surface area (Å²) >= 11 is 2.02. The summed E-state index contributed by atoms with van der Waals surface area (Å²) < 4.78 is 15.0. The third kappa shape index (κ3) is 2.66. The van der Waals surface area contributed by atoms with Gasteiger partial charge in [-0.15, -0.1) is 0 Å². The zero-order valence-corrected chi connectivity index (χ0v) is 10.4. The monoisotopic (exact) mass is 330 g/mol. The zero-order chi connectivity index (χ0) is 11.5. The summed E-state index contributed by atoms with van der Waals surface area (Å²) in [7, 11) is 0. The Morgan fingerprint density at radius 2 is 2.19 bits per heavy atom. The third-order valence-corrected chi connectivity index (χ3v) is 2.65. The molecule has 0 N–H and O–H groups in total. The van der Waals surface area contributed by atoms with Gasteiger partial charge in [0.25, 0.3) is 5.56 Å². The molecule has 0 atom stereocenters. The third-order valence-electron chi connectivity index (χ3n) is 2.06. The lowest BCUT2D eigenvalue weighted by Gasteiger charge is -2.04. The number of hydrogen-bond donors (Lipinski definition) is 0. The Bertz CT molecular complexity index is 568. The van der Waals surface area contributed by atoms with Crippen LogP contribution >= 0.6 is 22.6 Å². The average molecular weight is 330 g/mol. The van der Waals surface area contributed by atoms with E-state index in [9.17, 15) is 9.18 Å². The van der Waals surface area contributed by atoms with Gasteiger partial charge in [-0.1, -0.05) is 12.1 Å². The Labute approximate surface area is 105 Å². The van der Waals surface area contributed by atoms with Crippen molar-refractivity contribution >= 4 is 22.6 Å². The summed E-state index contributed by atoms with van der Waals surface area (Å²) in [4.78, 5) is 11.5. The predicted octanol–water partition coefficient (Wildman–Crippen LogP) is 2.04. The van der Waals surface area contributed by atoms with Gasteiger partial charge in [-0.25, -0.2) is 9.07 Å². The molecule has 0 fully saturated rings. The molecule has 0 spiro atoms. The molecule has 0 amide bonds. The molecular weight excluding hydrogens is 322 g/mol. The van der Waals surface area contributed by atoms with Crippen LogP contribution in [0.15, 0.2) is 41.3 Å². The van der Waals surface area contributed by atoms with E-state index in [0.717, 1.165) is 9.13 Å². The Morgan fingerprint density at radius 1 is 1.38 bits per heavy atom. The van der Waals surface area contributed by atoms with Gasteiger partial charge in [-0.05, 0) is 40.3 Å². The van der Waals surface area contributed by atoms with Crippen LogP contribution in [0.2, 0.25) is 0 Å². The quantitative estimate of drug-likeness (QED) is 0.790. The second kappa shape index (κ2) is 4.73. The molecule has 5 heteroatoms. The normalized spacial score (nSPS) is 10.4. The van der Waals surface area contributed by atoms with Crippen molar-refractivity contribution in [2.24, 2.45) is 0 Å². The number of halogens is 2. The van der Waals surface area contributed by atoms with Crippen molar-refractivity contribution in [1.29, 1.82) is 0 Å². The summed E-state index contributed by atoms with van der Waals surface area (Å²) in [5.74, 6) is -0.309. The van der Waals surface area contributed by atoms with Crippen LogP contribution in [0.25, 0.3) is 0 Å². The zero-order valence-electron chi connectivity index (χ0n) is 8.23. The number of hydrogen-bond acceptors (Lipinski definition) is 2. The highest BCUT2D eigenvalue weighted by Gasteiger charge is 2.00. The van der Waals surface area contributed by atoms with Gasteiger partial charge < -0.3 is 0 Å². The fourth-order valence-corrected chi connectivity index (χ4v) is 1.73. The number of rotatable bonds is 2. The van der Waals surface area contributed by atoms with E-state index in [4.69, 9.17) is 0 Å². The molecular formula is C11H8FIN2O. The van der Waals surface area contributed by atoms with Crippen LogP contribution in [0.3, 0.4) is 0 Å². The van der Waals surface area contributed by atoms with Crippen molar-refractivity contribution in [3.63, 3.8) is 0 Å². The Hall–Kier alpha value is -1.24. The van der Waals surface area contributed by atoms with Gasteiger partial charge in [0.05, 0.1) is 12.7 Å². The summed E-state index contributed by atoms with van der Waals surface area (Å²) in [6.45, 7) is 0.285. The van der Waals surface area contributed by atoms with Crippen molar-refractivity contribution < 1.29 is 4.39 Å². The smallest absolute Gasteiger partial charge is 0.268 e. The van der Waals surface area contributed by atoms with E-state index in [-0.39, 0.29) is 17.9 Å². The lowest BCUT2D eigenvalue weighted by atomic mass is 10.2. The minimum atomic E-state index is -0.309. The molecule has 2 rings (SSSR count). The molecule has 0 aliphatic carbocycles. The molecule has 0 unspecified atom stereocenters. The van der Waals surface area contributed by atoms with Crippen molar-refractivity contribution in [2.75, 3.05) is 0 Å². The predicted molar refractivity (Wildman–Crippen MR) is 66.7 cm³/mol. The fourth-order valence-electron chi connectivity index (χ4n) is 1.34. The molecule has 2 aromatic rings. The maximum atomic E-state index is 12.9. The SMILES string of the molecule is O=c1cc(I)cnn1Cc1cccc(F)c1. The van der Waals surface area contributed by atoms with Crippen LogP contribution in [0.4, 0.5) is 4.39 Å². The highest BCUT2D eigenvalue weighted by Crippen LogP contribution is 2.04. The van der Waals surface area contributed by atoms with E-state index in [2.05, 4.69) is 5.10 Å². The minimum absolute atomic E-state index is 0.184. The molecule has 0 radical (unpaired) electrons. The molecule has 1 aromatic carbocycles. The van der Waals surface area contributed by atoms with Gasteiger partial charge in [-0.3, -0.25) is 4.79 Å². The van der Waals surface area contributed by atoms with Gasteiger partial charge in [0.1, 0.15) is 5.82 Å². The average Bonchev–Trinajstić information content (AvgIpc) is 2.22. The first-order valence-corrected chi connectivity index (χ1v) is 5.70. The molecule has 0 aliphatic heterocycles. The first kappa shape index (κ1) is 11.3. The lowest BCUT2D eigenvalue weighted by Crippen LogP contribution is -2.22. The lowest BCUT2D eigenvalue weighted by molar-refractivity contribution is 0.610. The van der Waals surface area contributed by atoms with E-state index in [1.54, 1.807) is 18.3 Å². The van der Waals surface area contributed by atoms with Crippen molar-refractivity contribution in [1.82, 2.24) is 9.78 Å². The molecule has 16 heavy (non-hydrogen) atoms. The van der Waals surface area contributed by atoms with Gasteiger partial charge in [0.2, 0.25) is 0 Å². The molecule has 0 bridgehead atoms. The van der Waals surface area contributed by atoms with Crippen LogP contribution in [0.1, 0.15) is 5.56 Å². The Kier molecular flexibility index (Phi) is 3.33. The Balaban J connectivity index is 2.31. The fraction of sp³-hybridized carbons (Fsp3) is 0.0909. The minimum Gasteiger partial charge on any atom is -0.268 e. The number of benzene rings is 1. The molecule has 0 saturated heterocycles. The largest absolute Gasteiger partial charge is 0.268 e. The first-order chi connectivity index (χ1) is 7.65. The second-order valence-corrected chi connectivity index (χ2v) is 4.55. The van der Waals surface area contributed by atoms with Crippen LogP contribution in [-0.4, -0.2) is 9.78 Å². The number of nitrogens with zero attached hydrogens (tertiary/aromatic N) is 2. The van der Waals surface area contributed by atoms with Gasteiger partial charge in [0, 0.05) is 9.64 Å². The maximum Gasteiger partial charge on any atom is 0.268 e. The number of aromatic nitrogens is 2. The highest BCUT2D eigenvalue weighted by molar-refractivity contribution is 14.1. The topological polar surface area (TPSA) is 34.9 Å². The van der Waals surface area contributed by atoms with Gasteiger partial charge in [0.15, 0.2) is 0 Å².